The molecule has 0 fully saturated rings. The normalized spacial score (nSPS) is 10.4. The predicted molar refractivity (Wildman–Crippen MR) is 101 cm³/mol. The Hall–Kier alpha value is -3.06. The van der Waals surface area contributed by atoms with E-state index in [1.165, 1.54) is 30.4 Å². The molecule has 0 aliphatic heterocycles. The fourth-order valence-corrected chi connectivity index (χ4v) is 3.30. The number of thiazole rings is 1. The van der Waals surface area contributed by atoms with Gasteiger partial charge in [0, 0.05) is 30.8 Å². The van der Waals surface area contributed by atoms with Gasteiger partial charge >= 0.3 is 5.97 Å². The molecule has 0 bridgehead atoms. The van der Waals surface area contributed by atoms with Gasteiger partial charge in [-0.3, -0.25) is 9.59 Å². The SMILES string of the molecule is CC(=O)Oc1ccccc1C(=O)NCCc1csc(-c2ccc(F)cc2)n1. The van der Waals surface area contributed by atoms with Crippen molar-refractivity contribution < 1.29 is 18.7 Å². The molecular weight excluding hydrogens is 367 g/mol. The number of hydrogen-bond donors (Lipinski definition) is 1. The van der Waals surface area contributed by atoms with E-state index in [1.54, 1.807) is 36.4 Å². The van der Waals surface area contributed by atoms with Crippen LogP contribution in [0.5, 0.6) is 5.75 Å². The van der Waals surface area contributed by atoms with Crippen LogP contribution in [0.4, 0.5) is 4.39 Å². The summed E-state index contributed by atoms with van der Waals surface area (Å²) in [6, 6.07) is 12.7. The number of carbonyl (C=O) groups is 2. The molecule has 7 heteroatoms. The highest BCUT2D eigenvalue weighted by Gasteiger charge is 2.13. The van der Waals surface area contributed by atoms with Crippen molar-refractivity contribution >= 4 is 23.2 Å². The van der Waals surface area contributed by atoms with Gasteiger partial charge in [0.1, 0.15) is 16.6 Å². The fourth-order valence-electron chi connectivity index (χ4n) is 2.44. The molecule has 5 nitrogen and oxygen atoms in total. The Morgan fingerprint density at radius 1 is 1.15 bits per heavy atom. The van der Waals surface area contributed by atoms with Gasteiger partial charge in [0.05, 0.1) is 11.3 Å². The highest BCUT2D eigenvalue weighted by atomic mass is 32.1. The molecule has 1 amide bonds. The zero-order valence-electron chi connectivity index (χ0n) is 14.6. The van der Waals surface area contributed by atoms with E-state index >= 15 is 0 Å². The summed E-state index contributed by atoms with van der Waals surface area (Å²) >= 11 is 1.47. The molecular formula is C20H17FN2O3S. The summed E-state index contributed by atoms with van der Waals surface area (Å²) in [5.41, 5.74) is 2.00. The fraction of sp³-hybridized carbons (Fsp3) is 0.150. The van der Waals surface area contributed by atoms with Gasteiger partial charge in [0.15, 0.2) is 0 Å². The summed E-state index contributed by atoms with van der Waals surface area (Å²) in [5, 5.41) is 5.52. The second-order valence-electron chi connectivity index (χ2n) is 5.75. The second-order valence-corrected chi connectivity index (χ2v) is 6.60. The van der Waals surface area contributed by atoms with E-state index in [1.807, 2.05) is 5.38 Å². The highest BCUT2D eigenvalue weighted by Crippen LogP contribution is 2.24. The molecule has 0 saturated heterocycles. The van der Waals surface area contributed by atoms with Crippen LogP contribution in [-0.2, 0) is 11.2 Å². The van der Waals surface area contributed by atoms with Gasteiger partial charge in [-0.05, 0) is 36.4 Å². The summed E-state index contributed by atoms with van der Waals surface area (Å²) in [7, 11) is 0. The van der Waals surface area contributed by atoms with Gasteiger partial charge < -0.3 is 10.1 Å². The van der Waals surface area contributed by atoms with Gasteiger partial charge in [-0.1, -0.05) is 12.1 Å². The quantitative estimate of drug-likeness (QED) is 0.518. The van der Waals surface area contributed by atoms with Crippen LogP contribution in [-0.4, -0.2) is 23.4 Å². The Morgan fingerprint density at radius 3 is 2.63 bits per heavy atom. The predicted octanol–water partition coefficient (Wildman–Crippen LogP) is 3.85. The molecule has 0 radical (unpaired) electrons. The minimum Gasteiger partial charge on any atom is -0.426 e. The van der Waals surface area contributed by atoms with Crippen LogP contribution < -0.4 is 10.1 Å². The van der Waals surface area contributed by atoms with Crippen LogP contribution in [0.3, 0.4) is 0 Å². The van der Waals surface area contributed by atoms with Crippen molar-refractivity contribution in [2.75, 3.05) is 6.54 Å². The number of ether oxygens (including phenoxy) is 1. The summed E-state index contributed by atoms with van der Waals surface area (Å²) in [6.45, 7) is 1.68. The van der Waals surface area contributed by atoms with E-state index in [-0.39, 0.29) is 17.5 Å². The third kappa shape index (κ3) is 4.98. The Kier molecular flexibility index (Phi) is 5.93. The minimum absolute atomic E-state index is 0.231. The molecule has 0 aliphatic rings. The maximum atomic E-state index is 13.0. The lowest BCUT2D eigenvalue weighted by Crippen LogP contribution is -2.26. The van der Waals surface area contributed by atoms with E-state index in [0.29, 0.717) is 18.5 Å². The van der Waals surface area contributed by atoms with Crippen molar-refractivity contribution in [2.45, 2.75) is 13.3 Å². The smallest absolute Gasteiger partial charge is 0.308 e. The Balaban J connectivity index is 1.58. The maximum absolute atomic E-state index is 13.0. The summed E-state index contributed by atoms with van der Waals surface area (Å²) in [6.07, 6.45) is 0.555. The number of halogens is 1. The number of benzene rings is 2. The molecule has 1 aromatic heterocycles. The molecule has 0 saturated carbocycles. The number of nitrogens with zero attached hydrogens (tertiary/aromatic N) is 1. The van der Waals surface area contributed by atoms with E-state index in [0.717, 1.165) is 16.3 Å². The van der Waals surface area contributed by atoms with Crippen LogP contribution in [0.25, 0.3) is 10.6 Å². The number of nitrogens with one attached hydrogen (secondary N) is 1. The first kappa shape index (κ1) is 18.7. The Labute approximate surface area is 159 Å². The van der Waals surface area contributed by atoms with Crippen LogP contribution in [0.15, 0.2) is 53.9 Å². The maximum Gasteiger partial charge on any atom is 0.308 e. The lowest BCUT2D eigenvalue weighted by molar-refractivity contribution is -0.131. The lowest BCUT2D eigenvalue weighted by atomic mass is 10.2. The van der Waals surface area contributed by atoms with Gasteiger partial charge in [0.2, 0.25) is 0 Å². The van der Waals surface area contributed by atoms with E-state index in [4.69, 9.17) is 4.74 Å². The Bertz CT molecular complexity index is 954. The topological polar surface area (TPSA) is 68.3 Å². The van der Waals surface area contributed by atoms with Gasteiger partial charge in [-0.15, -0.1) is 11.3 Å². The number of carbonyl (C=O) groups excluding carboxylic acids is 2. The van der Waals surface area contributed by atoms with Gasteiger partial charge in [-0.2, -0.15) is 0 Å². The zero-order chi connectivity index (χ0) is 19.2. The highest BCUT2D eigenvalue weighted by molar-refractivity contribution is 7.13. The van der Waals surface area contributed by atoms with Gasteiger partial charge in [-0.25, -0.2) is 9.37 Å². The third-order valence-electron chi connectivity index (χ3n) is 3.69. The average Bonchev–Trinajstić information content (AvgIpc) is 3.11. The summed E-state index contributed by atoms with van der Waals surface area (Å²) in [4.78, 5) is 28.0. The number of esters is 1. The van der Waals surface area contributed by atoms with Crippen LogP contribution in [0.2, 0.25) is 0 Å². The van der Waals surface area contributed by atoms with Crippen molar-refractivity contribution in [1.82, 2.24) is 10.3 Å². The Morgan fingerprint density at radius 2 is 1.89 bits per heavy atom. The number of hydrogen-bond acceptors (Lipinski definition) is 5. The first-order valence-corrected chi connectivity index (χ1v) is 9.17. The van der Waals surface area contributed by atoms with E-state index in [2.05, 4.69) is 10.3 Å². The van der Waals surface area contributed by atoms with Crippen molar-refractivity contribution in [3.8, 4) is 16.3 Å². The number of aromatic nitrogens is 1. The van der Waals surface area contributed by atoms with Crippen molar-refractivity contribution in [2.24, 2.45) is 0 Å². The molecule has 1 N–H and O–H groups in total. The summed E-state index contributed by atoms with van der Waals surface area (Å²) < 4.78 is 18.1. The molecule has 2 aromatic carbocycles. The van der Waals surface area contributed by atoms with Crippen molar-refractivity contribution in [3.63, 3.8) is 0 Å². The standard InChI is InChI=1S/C20H17FN2O3S/c1-13(24)26-18-5-3-2-4-17(18)19(25)22-11-10-16-12-27-20(23-16)14-6-8-15(21)9-7-14/h2-9,12H,10-11H2,1H3,(H,22,25). The molecule has 1 heterocycles. The largest absolute Gasteiger partial charge is 0.426 e. The van der Waals surface area contributed by atoms with Crippen molar-refractivity contribution in [1.29, 1.82) is 0 Å². The molecule has 0 aliphatic carbocycles. The minimum atomic E-state index is -0.481. The van der Waals surface area contributed by atoms with E-state index < -0.39 is 5.97 Å². The van der Waals surface area contributed by atoms with Gasteiger partial charge in [0.25, 0.3) is 5.91 Å². The van der Waals surface area contributed by atoms with Crippen molar-refractivity contribution in [3.05, 3.63) is 71.0 Å². The van der Waals surface area contributed by atoms with E-state index in [9.17, 15) is 14.0 Å². The monoisotopic (exact) mass is 384 g/mol. The van der Waals surface area contributed by atoms with Crippen LogP contribution in [0.1, 0.15) is 23.0 Å². The number of amides is 1. The second kappa shape index (κ2) is 8.55. The first-order valence-electron chi connectivity index (χ1n) is 8.29. The molecule has 27 heavy (non-hydrogen) atoms. The summed E-state index contributed by atoms with van der Waals surface area (Å²) in [5.74, 6) is -0.853. The first-order chi connectivity index (χ1) is 13.0. The van der Waals surface area contributed by atoms with Crippen LogP contribution >= 0.6 is 11.3 Å². The molecule has 0 unspecified atom stereocenters. The average molecular weight is 384 g/mol. The molecule has 138 valence electrons. The van der Waals surface area contributed by atoms with Crippen LogP contribution in [0, 0.1) is 5.82 Å². The number of para-hydroxylation sites is 1. The molecule has 0 spiro atoms. The third-order valence-corrected chi connectivity index (χ3v) is 4.64. The number of rotatable bonds is 6. The molecule has 3 rings (SSSR count). The lowest BCUT2D eigenvalue weighted by Gasteiger charge is -2.09. The molecule has 0 atom stereocenters. The zero-order valence-corrected chi connectivity index (χ0v) is 15.4. The molecule has 3 aromatic rings.